The molecule has 1 aliphatic heterocycles. The van der Waals surface area contributed by atoms with Crippen LogP contribution in [0.15, 0.2) is 12.7 Å². The van der Waals surface area contributed by atoms with Gasteiger partial charge in [-0.1, -0.05) is 26.8 Å². The fraction of sp³-hybridized carbons (Fsp3) is 0.706. The van der Waals surface area contributed by atoms with Crippen molar-refractivity contribution in [1.82, 2.24) is 15.4 Å². The molecule has 7 heteroatoms. The first-order valence-corrected chi connectivity index (χ1v) is 12.2. The number of thiazole rings is 1. The van der Waals surface area contributed by atoms with E-state index in [0.29, 0.717) is 13.2 Å². The second kappa shape index (κ2) is 7.76. The average Bonchev–Trinajstić information content (AvgIpc) is 2.92. The van der Waals surface area contributed by atoms with Crippen LogP contribution in [-0.2, 0) is 22.4 Å². The minimum Gasteiger partial charge on any atom is -0.410 e. The van der Waals surface area contributed by atoms with Crippen LogP contribution in [0, 0.1) is 0 Å². The minimum absolute atomic E-state index is 0.188. The van der Waals surface area contributed by atoms with Gasteiger partial charge in [-0.15, -0.1) is 17.9 Å². The summed E-state index contributed by atoms with van der Waals surface area (Å²) in [5.41, 5.74) is 1.12. The Morgan fingerprint density at radius 2 is 2.17 bits per heavy atom. The fourth-order valence-corrected chi connectivity index (χ4v) is 4.46. The Hall–Kier alpha value is -0.573. The maximum atomic E-state index is 6.33. The van der Waals surface area contributed by atoms with E-state index in [1.807, 2.05) is 12.1 Å². The monoisotopic (exact) mass is 369 g/mol. The molecule has 2 heterocycles. The highest BCUT2D eigenvalue weighted by Crippen LogP contribution is 2.38. The highest BCUT2D eigenvalue weighted by molar-refractivity contribution is 7.11. The number of hydrogen-bond acceptors (Lipinski definition) is 6. The Morgan fingerprint density at radius 1 is 1.46 bits per heavy atom. The fourth-order valence-electron chi connectivity index (χ4n) is 2.30. The van der Waals surface area contributed by atoms with Crippen LogP contribution in [0.25, 0.3) is 0 Å². The van der Waals surface area contributed by atoms with E-state index < -0.39 is 8.32 Å². The standard InChI is InChI=1S/C17H31N3O2SSi/c1-8-9-21-20(5)14-11-18-10-13-16(14)23-15(19-13)12-22-24(6,7)17(2,3)4/h8,14,18H,1,9-12H2,2-7H3. The smallest absolute Gasteiger partial charge is 0.192 e. The molecule has 1 N–H and O–H groups in total. The SMILES string of the molecule is C=CCON(C)C1CNCc2nc(CO[Si](C)(C)C(C)(C)C)sc21. The summed E-state index contributed by atoms with van der Waals surface area (Å²) < 4.78 is 6.33. The van der Waals surface area contributed by atoms with Crippen LogP contribution in [0.2, 0.25) is 18.1 Å². The first-order chi connectivity index (χ1) is 11.2. The van der Waals surface area contributed by atoms with Crippen LogP contribution < -0.4 is 5.32 Å². The molecule has 2 rings (SSSR count). The molecule has 1 aromatic rings. The molecule has 0 aromatic carbocycles. The summed E-state index contributed by atoms with van der Waals surface area (Å²) in [6.07, 6.45) is 1.76. The molecule has 0 saturated carbocycles. The van der Waals surface area contributed by atoms with Gasteiger partial charge in [-0.3, -0.25) is 4.84 Å². The number of nitrogens with zero attached hydrogens (tertiary/aromatic N) is 2. The van der Waals surface area contributed by atoms with E-state index in [9.17, 15) is 0 Å². The van der Waals surface area contributed by atoms with Crippen LogP contribution in [0.4, 0.5) is 0 Å². The predicted octanol–water partition coefficient (Wildman–Crippen LogP) is 3.86. The molecule has 24 heavy (non-hydrogen) atoms. The largest absolute Gasteiger partial charge is 0.410 e. The summed E-state index contributed by atoms with van der Waals surface area (Å²) in [6.45, 7) is 17.9. The molecule has 1 aromatic heterocycles. The number of aromatic nitrogens is 1. The van der Waals surface area contributed by atoms with Gasteiger partial charge >= 0.3 is 0 Å². The zero-order valence-electron chi connectivity index (χ0n) is 15.8. The number of hydroxylamine groups is 2. The molecule has 0 aliphatic carbocycles. The normalized spacial score (nSPS) is 18.7. The van der Waals surface area contributed by atoms with Gasteiger partial charge in [-0.05, 0) is 18.1 Å². The topological polar surface area (TPSA) is 46.6 Å². The predicted molar refractivity (Wildman–Crippen MR) is 102 cm³/mol. The third-order valence-electron chi connectivity index (χ3n) is 4.90. The molecule has 136 valence electrons. The molecule has 0 spiro atoms. The molecule has 0 fully saturated rings. The highest BCUT2D eigenvalue weighted by Gasteiger charge is 2.37. The quantitative estimate of drug-likeness (QED) is 0.449. The number of hydrogen-bond donors (Lipinski definition) is 1. The Bertz CT molecular complexity index is 569. The van der Waals surface area contributed by atoms with Crippen LogP contribution in [0.5, 0.6) is 0 Å². The van der Waals surface area contributed by atoms with Crippen molar-refractivity contribution in [2.45, 2.75) is 58.1 Å². The average molecular weight is 370 g/mol. The van der Waals surface area contributed by atoms with Crippen molar-refractivity contribution in [2.24, 2.45) is 0 Å². The zero-order chi connectivity index (χ0) is 18.0. The van der Waals surface area contributed by atoms with Crippen LogP contribution in [0.1, 0.15) is 42.4 Å². The lowest BCUT2D eigenvalue weighted by Gasteiger charge is -2.35. The molecule has 1 aliphatic rings. The first kappa shape index (κ1) is 19.7. The summed E-state index contributed by atoms with van der Waals surface area (Å²) in [4.78, 5) is 11.8. The minimum atomic E-state index is -1.75. The molecule has 5 nitrogen and oxygen atoms in total. The lowest BCUT2D eigenvalue weighted by molar-refractivity contribution is -0.158. The van der Waals surface area contributed by atoms with Gasteiger partial charge in [0.2, 0.25) is 0 Å². The summed E-state index contributed by atoms with van der Waals surface area (Å²) >= 11 is 1.76. The molecule has 0 amide bonds. The molecule has 0 bridgehead atoms. The van der Waals surface area contributed by atoms with Gasteiger partial charge in [0.15, 0.2) is 8.32 Å². The first-order valence-electron chi connectivity index (χ1n) is 8.45. The van der Waals surface area contributed by atoms with E-state index >= 15 is 0 Å². The highest BCUT2D eigenvalue weighted by atomic mass is 32.1. The summed E-state index contributed by atoms with van der Waals surface area (Å²) in [6, 6.07) is 0.188. The van der Waals surface area contributed by atoms with Crippen molar-refractivity contribution in [3.63, 3.8) is 0 Å². The van der Waals surface area contributed by atoms with E-state index in [2.05, 4.69) is 45.8 Å². The lowest BCUT2D eigenvalue weighted by atomic mass is 10.1. The van der Waals surface area contributed by atoms with Crippen molar-refractivity contribution < 1.29 is 9.26 Å². The molecule has 0 saturated heterocycles. The van der Waals surface area contributed by atoms with E-state index in [0.717, 1.165) is 23.8 Å². The summed E-state index contributed by atoms with van der Waals surface area (Å²) in [5, 5.41) is 6.61. The third kappa shape index (κ3) is 4.53. The van der Waals surface area contributed by atoms with E-state index in [1.165, 1.54) is 4.88 Å². The van der Waals surface area contributed by atoms with Crippen LogP contribution in [0.3, 0.4) is 0 Å². The Morgan fingerprint density at radius 3 is 2.79 bits per heavy atom. The van der Waals surface area contributed by atoms with Crippen molar-refractivity contribution in [2.75, 3.05) is 20.2 Å². The van der Waals surface area contributed by atoms with Crippen molar-refractivity contribution in [1.29, 1.82) is 0 Å². The maximum Gasteiger partial charge on any atom is 0.192 e. The third-order valence-corrected chi connectivity index (χ3v) is 10.6. The Kier molecular flexibility index (Phi) is 6.38. The van der Waals surface area contributed by atoms with Crippen molar-refractivity contribution in [3.05, 3.63) is 28.2 Å². The summed E-state index contributed by atoms with van der Waals surface area (Å²) in [7, 11) is 0.217. The van der Waals surface area contributed by atoms with Gasteiger partial charge in [-0.2, -0.15) is 5.06 Å². The van der Waals surface area contributed by atoms with Crippen molar-refractivity contribution in [3.8, 4) is 0 Å². The second-order valence-electron chi connectivity index (χ2n) is 7.74. The second-order valence-corrected chi connectivity index (χ2v) is 13.7. The molecule has 1 atom stereocenters. The van der Waals surface area contributed by atoms with Crippen LogP contribution in [-0.4, -0.2) is 38.6 Å². The van der Waals surface area contributed by atoms with E-state index in [1.54, 1.807) is 17.4 Å². The molecule has 0 radical (unpaired) electrons. The Labute approximate surface area is 151 Å². The molecular weight excluding hydrogens is 338 g/mol. The summed E-state index contributed by atoms with van der Waals surface area (Å²) in [5.74, 6) is 0. The number of likely N-dealkylation sites (N-methyl/N-ethyl adjacent to an activating group) is 1. The van der Waals surface area contributed by atoms with Gasteiger partial charge in [0.1, 0.15) is 5.01 Å². The molecule has 1 unspecified atom stereocenters. The van der Waals surface area contributed by atoms with Gasteiger partial charge < -0.3 is 9.74 Å². The van der Waals surface area contributed by atoms with Gasteiger partial charge in [-0.25, -0.2) is 4.98 Å². The van der Waals surface area contributed by atoms with Gasteiger partial charge in [0.25, 0.3) is 0 Å². The number of nitrogens with one attached hydrogen (secondary N) is 1. The zero-order valence-corrected chi connectivity index (χ0v) is 17.6. The Balaban J connectivity index is 2.08. The number of fused-ring (bicyclic) bond motifs is 1. The molecular formula is C17H31N3O2SSi. The van der Waals surface area contributed by atoms with Crippen LogP contribution >= 0.6 is 11.3 Å². The van der Waals surface area contributed by atoms with E-state index in [-0.39, 0.29) is 11.1 Å². The van der Waals surface area contributed by atoms with Crippen molar-refractivity contribution >= 4 is 19.7 Å². The maximum absolute atomic E-state index is 6.33. The van der Waals surface area contributed by atoms with Gasteiger partial charge in [0, 0.05) is 20.1 Å². The lowest BCUT2D eigenvalue weighted by Crippen LogP contribution is -2.40. The van der Waals surface area contributed by atoms with Gasteiger partial charge in [0.05, 0.1) is 29.8 Å². The number of rotatable bonds is 7. The van der Waals surface area contributed by atoms with E-state index in [4.69, 9.17) is 14.2 Å².